The Morgan fingerprint density at radius 1 is 1.55 bits per heavy atom. The smallest absolute Gasteiger partial charge is 0.238 e. The molecule has 0 spiro atoms. The lowest BCUT2D eigenvalue weighted by Crippen LogP contribution is -2.30. The molecule has 0 radical (unpaired) electrons. The van der Waals surface area contributed by atoms with E-state index in [2.05, 4.69) is 26.7 Å². The van der Waals surface area contributed by atoms with Crippen LogP contribution >= 0.6 is 16.1 Å². The van der Waals surface area contributed by atoms with Crippen LogP contribution in [0.2, 0.25) is 0 Å². The number of methoxy groups -OCH3 is 2. The first-order valence-electron chi connectivity index (χ1n) is 2.87. The molecule has 0 aromatic rings. The molecule has 6 heteroatoms. The Kier molecular flexibility index (Phi) is 2.58. The molecular weight excluding hydrogens is 214 g/mol. The predicted octanol–water partition coefficient (Wildman–Crippen LogP) is 0.564. The van der Waals surface area contributed by atoms with Crippen molar-refractivity contribution in [2.75, 3.05) is 14.2 Å². The van der Waals surface area contributed by atoms with Gasteiger partial charge in [0.25, 0.3) is 0 Å². The van der Waals surface area contributed by atoms with E-state index in [0.29, 0.717) is 11.8 Å². The van der Waals surface area contributed by atoms with Gasteiger partial charge in [-0.25, -0.2) is 5.43 Å². The van der Waals surface area contributed by atoms with E-state index in [1.54, 1.807) is 13.2 Å². The molecule has 1 aliphatic heterocycles. The fourth-order valence-electron chi connectivity index (χ4n) is 0.580. The fraction of sp³-hybridized carbons (Fsp3) is 0.400. The van der Waals surface area contributed by atoms with Crippen LogP contribution in [0.25, 0.3) is 0 Å². The average molecular weight is 222 g/mol. The van der Waals surface area contributed by atoms with E-state index in [1.807, 2.05) is 0 Å². The van der Waals surface area contributed by atoms with E-state index in [1.165, 1.54) is 11.3 Å². The third kappa shape index (κ3) is 2.01. The molecule has 1 heterocycles. The van der Waals surface area contributed by atoms with Crippen molar-refractivity contribution in [2.45, 2.75) is 0 Å². The van der Waals surface area contributed by atoms with Gasteiger partial charge in [0, 0.05) is 0 Å². The molecule has 1 rings (SSSR count). The Morgan fingerprint density at radius 3 is 2.82 bits per heavy atom. The molecule has 0 aromatic heterocycles. The van der Waals surface area contributed by atoms with Crippen molar-refractivity contribution in [1.82, 2.24) is 9.57 Å². The summed E-state index contributed by atoms with van der Waals surface area (Å²) in [5.41, 5.74) is 2.75. The van der Waals surface area contributed by atoms with E-state index in [9.17, 15) is 0 Å². The SMILES string of the molecule is COC1=CC(OC)=NN(Br)N1. The van der Waals surface area contributed by atoms with Gasteiger partial charge in [-0.1, -0.05) is 0 Å². The van der Waals surface area contributed by atoms with Gasteiger partial charge < -0.3 is 9.47 Å². The minimum Gasteiger partial charge on any atom is -0.481 e. The number of hydrazone groups is 1. The van der Waals surface area contributed by atoms with Crippen molar-refractivity contribution in [3.05, 3.63) is 12.0 Å². The second-order valence-electron chi connectivity index (χ2n) is 1.73. The predicted molar refractivity (Wildman–Crippen MR) is 43.4 cm³/mol. The Bertz CT molecular complexity index is 204. The standard InChI is InChI=1S/C5H8BrN3O2/c1-10-4-3-5(11-2)8-9(6)7-4/h3,7H,1-2H3. The first kappa shape index (κ1) is 8.19. The largest absolute Gasteiger partial charge is 0.481 e. The van der Waals surface area contributed by atoms with Gasteiger partial charge in [-0.15, -0.1) is 9.25 Å². The maximum Gasteiger partial charge on any atom is 0.238 e. The molecule has 5 nitrogen and oxygen atoms in total. The third-order valence-corrected chi connectivity index (χ3v) is 1.41. The van der Waals surface area contributed by atoms with Gasteiger partial charge in [-0.05, 0) is 0 Å². The summed E-state index contributed by atoms with van der Waals surface area (Å²) < 4.78 is 11.1. The quantitative estimate of drug-likeness (QED) is 0.658. The lowest BCUT2D eigenvalue weighted by Gasteiger charge is -2.19. The highest BCUT2D eigenvalue weighted by Gasteiger charge is 2.10. The molecule has 1 aliphatic rings. The Morgan fingerprint density at radius 2 is 2.27 bits per heavy atom. The first-order valence-corrected chi connectivity index (χ1v) is 3.58. The molecule has 0 fully saturated rings. The van der Waals surface area contributed by atoms with Crippen LogP contribution in [0.15, 0.2) is 17.1 Å². The second-order valence-corrected chi connectivity index (χ2v) is 2.40. The normalized spacial score (nSPS) is 16.5. The van der Waals surface area contributed by atoms with Gasteiger partial charge in [0.1, 0.15) is 0 Å². The monoisotopic (exact) mass is 221 g/mol. The van der Waals surface area contributed by atoms with Crippen LogP contribution in [0.1, 0.15) is 0 Å². The molecule has 0 saturated carbocycles. The Labute approximate surface area is 73.0 Å². The van der Waals surface area contributed by atoms with Crippen LogP contribution in [0.4, 0.5) is 0 Å². The van der Waals surface area contributed by atoms with Crippen LogP contribution in [-0.4, -0.2) is 24.3 Å². The maximum absolute atomic E-state index is 4.91. The van der Waals surface area contributed by atoms with E-state index in [-0.39, 0.29) is 0 Å². The molecule has 0 aliphatic carbocycles. The number of rotatable bonds is 1. The number of halogens is 1. The maximum atomic E-state index is 4.91. The minimum atomic E-state index is 0.470. The molecular formula is C5H8BrN3O2. The van der Waals surface area contributed by atoms with Crippen molar-refractivity contribution in [3.8, 4) is 0 Å². The number of nitrogens with zero attached hydrogens (tertiary/aromatic N) is 2. The highest BCUT2D eigenvalue weighted by Crippen LogP contribution is 2.06. The van der Waals surface area contributed by atoms with Gasteiger partial charge in [0.15, 0.2) is 0 Å². The van der Waals surface area contributed by atoms with E-state index < -0.39 is 0 Å². The van der Waals surface area contributed by atoms with Gasteiger partial charge in [-0.3, -0.25) is 0 Å². The molecule has 11 heavy (non-hydrogen) atoms. The fourth-order valence-corrected chi connectivity index (χ4v) is 0.911. The van der Waals surface area contributed by atoms with Crippen molar-refractivity contribution >= 4 is 22.0 Å². The van der Waals surface area contributed by atoms with Crippen molar-refractivity contribution < 1.29 is 9.47 Å². The van der Waals surface area contributed by atoms with Gasteiger partial charge in [-0.2, -0.15) is 0 Å². The Hall–Kier alpha value is -0.910. The van der Waals surface area contributed by atoms with Crippen molar-refractivity contribution in [2.24, 2.45) is 5.10 Å². The zero-order chi connectivity index (χ0) is 8.27. The summed E-state index contributed by atoms with van der Waals surface area (Å²) in [5.74, 6) is 1.03. The van der Waals surface area contributed by atoms with Crippen LogP contribution < -0.4 is 5.43 Å². The molecule has 0 aromatic carbocycles. The van der Waals surface area contributed by atoms with Crippen molar-refractivity contribution in [3.63, 3.8) is 0 Å². The number of ether oxygens (including phenoxy) is 2. The molecule has 0 bridgehead atoms. The van der Waals surface area contributed by atoms with Crippen LogP contribution in [-0.2, 0) is 9.47 Å². The summed E-state index contributed by atoms with van der Waals surface area (Å²) in [4.78, 5) is 0. The van der Waals surface area contributed by atoms with Crippen LogP contribution in [0, 0.1) is 0 Å². The molecule has 0 unspecified atom stereocenters. The Balaban J connectivity index is 2.71. The number of hydrogen-bond acceptors (Lipinski definition) is 5. The lowest BCUT2D eigenvalue weighted by atomic mass is 10.5. The van der Waals surface area contributed by atoms with E-state index in [0.717, 1.165) is 0 Å². The lowest BCUT2D eigenvalue weighted by molar-refractivity contribution is 0.207. The topological polar surface area (TPSA) is 46.1 Å². The third-order valence-electron chi connectivity index (χ3n) is 1.07. The van der Waals surface area contributed by atoms with Gasteiger partial charge >= 0.3 is 0 Å². The number of hydrogen-bond donors (Lipinski definition) is 1. The van der Waals surface area contributed by atoms with Gasteiger partial charge in [0.05, 0.1) is 36.4 Å². The number of nitrogens with one attached hydrogen (secondary N) is 1. The molecule has 0 atom stereocenters. The zero-order valence-electron chi connectivity index (χ0n) is 6.17. The highest BCUT2D eigenvalue weighted by molar-refractivity contribution is 9.07. The second kappa shape index (κ2) is 3.47. The summed E-state index contributed by atoms with van der Waals surface area (Å²) in [7, 11) is 3.09. The summed E-state index contributed by atoms with van der Waals surface area (Å²) in [6, 6.07) is 0. The number of hydrazine groups is 1. The molecule has 62 valence electrons. The molecule has 0 amide bonds. The van der Waals surface area contributed by atoms with E-state index >= 15 is 0 Å². The first-order chi connectivity index (χ1) is 5.26. The summed E-state index contributed by atoms with van der Waals surface area (Å²) in [6.07, 6.45) is 1.64. The van der Waals surface area contributed by atoms with Crippen LogP contribution in [0.3, 0.4) is 0 Å². The summed E-state index contributed by atoms with van der Waals surface area (Å²) >= 11 is 3.08. The summed E-state index contributed by atoms with van der Waals surface area (Å²) in [6.45, 7) is 0. The van der Waals surface area contributed by atoms with E-state index in [4.69, 9.17) is 9.47 Å². The summed E-state index contributed by atoms with van der Waals surface area (Å²) in [5, 5.41) is 3.88. The highest BCUT2D eigenvalue weighted by atomic mass is 79.9. The molecule has 1 N–H and O–H groups in total. The average Bonchev–Trinajstić information content (AvgIpc) is 2.03. The van der Waals surface area contributed by atoms with Crippen molar-refractivity contribution in [1.29, 1.82) is 0 Å². The zero-order valence-corrected chi connectivity index (χ0v) is 7.75. The molecule has 0 saturated heterocycles. The minimum absolute atomic E-state index is 0.470. The van der Waals surface area contributed by atoms with Crippen LogP contribution in [0.5, 0.6) is 0 Å². The van der Waals surface area contributed by atoms with Gasteiger partial charge in [0.2, 0.25) is 11.8 Å².